The minimum absolute atomic E-state index is 0.0988. The van der Waals surface area contributed by atoms with Crippen LogP contribution in [0.1, 0.15) is 26.3 Å². The predicted molar refractivity (Wildman–Crippen MR) is 99.0 cm³/mol. The SMILES string of the molecule is O=C(c1ccc(OCC(F)(F)F)nc1)N1CCN(C(=O)c2cccc(C(F)(F)F)c2)CC1. The molecule has 32 heavy (non-hydrogen) atoms. The Bertz CT molecular complexity index is 968. The smallest absolute Gasteiger partial charge is 0.422 e. The molecule has 0 aliphatic carbocycles. The van der Waals surface area contributed by atoms with Gasteiger partial charge < -0.3 is 14.5 Å². The number of halogens is 6. The second kappa shape index (κ2) is 9.05. The van der Waals surface area contributed by atoms with Crippen molar-refractivity contribution >= 4 is 11.8 Å². The van der Waals surface area contributed by atoms with Gasteiger partial charge in [0.25, 0.3) is 11.8 Å². The van der Waals surface area contributed by atoms with Crippen molar-refractivity contribution in [1.29, 1.82) is 0 Å². The molecule has 0 saturated carbocycles. The lowest BCUT2D eigenvalue weighted by molar-refractivity contribution is -0.154. The Labute approximate surface area is 178 Å². The van der Waals surface area contributed by atoms with Crippen LogP contribution in [0.2, 0.25) is 0 Å². The maximum atomic E-state index is 12.9. The Morgan fingerprint density at radius 3 is 1.97 bits per heavy atom. The predicted octanol–water partition coefficient (Wildman–Crippen LogP) is 3.64. The number of alkyl halides is 6. The minimum Gasteiger partial charge on any atom is -0.468 e. The zero-order chi connectivity index (χ0) is 23.5. The highest BCUT2D eigenvalue weighted by Gasteiger charge is 2.32. The highest BCUT2D eigenvalue weighted by molar-refractivity contribution is 5.96. The summed E-state index contributed by atoms with van der Waals surface area (Å²) in [6.07, 6.45) is -7.99. The molecule has 1 saturated heterocycles. The van der Waals surface area contributed by atoms with Crippen LogP contribution in [-0.4, -0.2) is 65.6 Å². The number of nitrogens with zero attached hydrogens (tertiary/aromatic N) is 3. The third-order valence-electron chi connectivity index (χ3n) is 4.66. The summed E-state index contributed by atoms with van der Waals surface area (Å²) in [5.74, 6) is -1.29. The van der Waals surface area contributed by atoms with E-state index in [0.29, 0.717) is 0 Å². The average Bonchev–Trinajstić information content (AvgIpc) is 2.76. The fourth-order valence-electron chi connectivity index (χ4n) is 3.05. The van der Waals surface area contributed by atoms with Crippen LogP contribution < -0.4 is 4.74 Å². The van der Waals surface area contributed by atoms with Gasteiger partial charge in [-0.3, -0.25) is 9.59 Å². The van der Waals surface area contributed by atoms with E-state index in [9.17, 15) is 35.9 Å². The number of carbonyl (C=O) groups is 2. The van der Waals surface area contributed by atoms with Crippen molar-refractivity contribution in [3.8, 4) is 5.88 Å². The van der Waals surface area contributed by atoms with Gasteiger partial charge in [-0.05, 0) is 24.3 Å². The molecule has 1 aromatic carbocycles. The van der Waals surface area contributed by atoms with Gasteiger partial charge in [0, 0.05) is 44.0 Å². The van der Waals surface area contributed by atoms with Gasteiger partial charge in [0.15, 0.2) is 6.61 Å². The van der Waals surface area contributed by atoms with Gasteiger partial charge in [0.2, 0.25) is 5.88 Å². The summed E-state index contributed by atoms with van der Waals surface area (Å²) >= 11 is 0. The van der Waals surface area contributed by atoms with E-state index in [-0.39, 0.29) is 43.2 Å². The summed E-state index contributed by atoms with van der Waals surface area (Å²) in [5, 5.41) is 0. The number of ether oxygens (including phenoxy) is 1. The molecule has 172 valence electrons. The van der Waals surface area contributed by atoms with Crippen LogP contribution in [0.3, 0.4) is 0 Å². The number of pyridine rings is 1. The number of carbonyl (C=O) groups excluding carboxylic acids is 2. The minimum atomic E-state index is -4.57. The van der Waals surface area contributed by atoms with E-state index in [1.807, 2.05) is 0 Å². The van der Waals surface area contributed by atoms with Crippen molar-refractivity contribution in [3.05, 3.63) is 59.3 Å². The van der Waals surface area contributed by atoms with Crippen LogP contribution in [0, 0.1) is 0 Å². The van der Waals surface area contributed by atoms with Gasteiger partial charge in [-0.1, -0.05) is 6.07 Å². The number of hydrogen-bond donors (Lipinski definition) is 0. The lowest BCUT2D eigenvalue weighted by Crippen LogP contribution is -2.50. The summed E-state index contributed by atoms with van der Waals surface area (Å²) in [7, 11) is 0. The first-order valence-electron chi connectivity index (χ1n) is 9.35. The Morgan fingerprint density at radius 2 is 1.47 bits per heavy atom. The van der Waals surface area contributed by atoms with E-state index >= 15 is 0 Å². The summed E-state index contributed by atoms with van der Waals surface area (Å²) in [4.78, 5) is 31.6. The zero-order valence-electron chi connectivity index (χ0n) is 16.4. The van der Waals surface area contributed by atoms with Gasteiger partial charge in [-0.25, -0.2) is 4.98 Å². The molecule has 0 bridgehead atoms. The molecule has 0 spiro atoms. The molecule has 0 radical (unpaired) electrons. The van der Waals surface area contributed by atoms with E-state index in [1.54, 1.807) is 0 Å². The van der Waals surface area contributed by atoms with Crippen molar-refractivity contribution in [2.45, 2.75) is 12.4 Å². The van der Waals surface area contributed by atoms with Gasteiger partial charge >= 0.3 is 12.4 Å². The first-order valence-corrected chi connectivity index (χ1v) is 9.35. The van der Waals surface area contributed by atoms with E-state index in [0.717, 1.165) is 30.5 Å². The third kappa shape index (κ3) is 5.89. The molecule has 1 aliphatic rings. The van der Waals surface area contributed by atoms with E-state index < -0.39 is 36.3 Å². The topological polar surface area (TPSA) is 62.7 Å². The molecule has 1 aliphatic heterocycles. The van der Waals surface area contributed by atoms with Crippen molar-refractivity contribution in [2.75, 3.05) is 32.8 Å². The maximum Gasteiger partial charge on any atom is 0.422 e. The number of piperazine rings is 1. The standard InChI is InChI=1S/C20H17F6N3O3/c21-19(22,23)12-32-16-5-4-14(11-27-16)18(31)29-8-6-28(7-9-29)17(30)13-2-1-3-15(10-13)20(24,25)26/h1-5,10-11H,6-9,12H2. The van der Waals surface area contributed by atoms with Gasteiger partial charge in [-0.15, -0.1) is 0 Å². The Kier molecular flexibility index (Phi) is 6.60. The molecule has 2 aromatic rings. The first-order chi connectivity index (χ1) is 14.9. The summed E-state index contributed by atoms with van der Waals surface area (Å²) in [6.45, 7) is -1.01. The zero-order valence-corrected chi connectivity index (χ0v) is 16.4. The number of rotatable bonds is 4. The van der Waals surface area contributed by atoms with E-state index in [1.165, 1.54) is 21.9 Å². The first kappa shape index (κ1) is 23.4. The highest BCUT2D eigenvalue weighted by Crippen LogP contribution is 2.30. The van der Waals surface area contributed by atoms with Crippen molar-refractivity contribution in [1.82, 2.24) is 14.8 Å². The molecule has 1 fully saturated rings. The molecule has 2 heterocycles. The second-order valence-corrected chi connectivity index (χ2v) is 6.95. The number of benzene rings is 1. The van der Waals surface area contributed by atoms with Gasteiger partial charge in [-0.2, -0.15) is 26.3 Å². The maximum absolute atomic E-state index is 12.9. The van der Waals surface area contributed by atoms with Crippen LogP contribution in [0.25, 0.3) is 0 Å². The second-order valence-electron chi connectivity index (χ2n) is 6.95. The molecule has 6 nitrogen and oxygen atoms in total. The summed E-state index contributed by atoms with van der Waals surface area (Å²) in [6, 6.07) is 6.54. The molecule has 1 aromatic heterocycles. The van der Waals surface area contributed by atoms with Gasteiger partial charge in [0.05, 0.1) is 11.1 Å². The van der Waals surface area contributed by atoms with E-state index in [4.69, 9.17) is 0 Å². The molecular formula is C20H17F6N3O3. The van der Waals surface area contributed by atoms with Crippen molar-refractivity contribution in [2.24, 2.45) is 0 Å². The highest BCUT2D eigenvalue weighted by atomic mass is 19.4. The summed E-state index contributed by atoms with van der Waals surface area (Å²) in [5.41, 5.74) is -0.896. The van der Waals surface area contributed by atoms with Crippen LogP contribution in [-0.2, 0) is 6.18 Å². The average molecular weight is 461 g/mol. The van der Waals surface area contributed by atoms with Crippen LogP contribution in [0.4, 0.5) is 26.3 Å². The van der Waals surface area contributed by atoms with Crippen molar-refractivity contribution in [3.63, 3.8) is 0 Å². The molecule has 2 amide bonds. The van der Waals surface area contributed by atoms with Crippen LogP contribution >= 0.6 is 0 Å². The molecule has 12 heteroatoms. The Hall–Kier alpha value is -3.31. The number of aromatic nitrogens is 1. The monoisotopic (exact) mass is 461 g/mol. The normalized spacial score (nSPS) is 14.9. The lowest BCUT2D eigenvalue weighted by Gasteiger charge is -2.35. The fourth-order valence-corrected chi connectivity index (χ4v) is 3.05. The molecule has 0 atom stereocenters. The number of amides is 2. The van der Waals surface area contributed by atoms with E-state index in [2.05, 4.69) is 9.72 Å². The quantitative estimate of drug-likeness (QED) is 0.653. The molecule has 0 N–H and O–H groups in total. The summed E-state index contributed by atoms with van der Waals surface area (Å²) < 4.78 is 79.6. The van der Waals surface area contributed by atoms with Crippen LogP contribution in [0.15, 0.2) is 42.6 Å². The molecular weight excluding hydrogens is 444 g/mol. The van der Waals surface area contributed by atoms with Crippen molar-refractivity contribution < 1.29 is 40.7 Å². The largest absolute Gasteiger partial charge is 0.468 e. The third-order valence-corrected chi connectivity index (χ3v) is 4.66. The van der Waals surface area contributed by atoms with Crippen LogP contribution in [0.5, 0.6) is 5.88 Å². The Morgan fingerprint density at radius 1 is 0.875 bits per heavy atom. The number of hydrogen-bond acceptors (Lipinski definition) is 4. The molecule has 3 rings (SSSR count). The van der Waals surface area contributed by atoms with Gasteiger partial charge in [0.1, 0.15) is 0 Å². The Balaban J connectivity index is 1.57. The fraction of sp³-hybridized carbons (Fsp3) is 0.350. The lowest BCUT2D eigenvalue weighted by atomic mass is 10.1. The molecule has 0 unspecified atom stereocenters.